The van der Waals surface area contributed by atoms with Crippen LogP contribution in [0, 0.1) is 5.92 Å². The van der Waals surface area contributed by atoms with E-state index in [4.69, 9.17) is 11.6 Å². The number of hydrogen-bond acceptors (Lipinski definition) is 3. The van der Waals surface area contributed by atoms with Gasteiger partial charge < -0.3 is 0 Å². The van der Waals surface area contributed by atoms with Gasteiger partial charge in [-0.1, -0.05) is 30.9 Å². The van der Waals surface area contributed by atoms with Gasteiger partial charge in [-0.3, -0.25) is 0 Å². The van der Waals surface area contributed by atoms with Crippen LogP contribution in [0.3, 0.4) is 0 Å². The average Bonchev–Trinajstić information content (AvgIpc) is 2.99. The molecule has 3 rings (SSSR count). The first kappa shape index (κ1) is 15.3. The SMILES string of the molecule is O=S(=O)(c1cccnc1Cl)N1CCCC1C1CCCCC1. The van der Waals surface area contributed by atoms with Gasteiger partial charge in [0.05, 0.1) is 0 Å². The highest BCUT2D eigenvalue weighted by atomic mass is 35.5. The molecule has 0 radical (unpaired) electrons. The number of sulfonamides is 1. The third kappa shape index (κ3) is 2.96. The molecule has 1 saturated heterocycles. The molecule has 1 saturated carbocycles. The Bertz CT molecular complexity index is 599. The minimum atomic E-state index is -3.53. The number of rotatable bonds is 3. The van der Waals surface area contributed by atoms with Crippen molar-refractivity contribution in [3.63, 3.8) is 0 Å². The van der Waals surface area contributed by atoms with E-state index in [1.807, 2.05) is 0 Å². The van der Waals surface area contributed by atoms with Gasteiger partial charge in [0.25, 0.3) is 0 Å². The highest BCUT2D eigenvalue weighted by Crippen LogP contribution is 2.37. The summed E-state index contributed by atoms with van der Waals surface area (Å²) >= 11 is 6.00. The Morgan fingerprint density at radius 1 is 1.14 bits per heavy atom. The lowest BCUT2D eigenvalue weighted by atomic mass is 9.83. The minimum absolute atomic E-state index is 0.0757. The number of hydrogen-bond donors (Lipinski definition) is 0. The topological polar surface area (TPSA) is 50.3 Å². The zero-order valence-electron chi connectivity index (χ0n) is 12.0. The molecule has 0 bridgehead atoms. The number of pyridine rings is 1. The van der Waals surface area contributed by atoms with Crippen molar-refractivity contribution < 1.29 is 8.42 Å². The summed E-state index contributed by atoms with van der Waals surface area (Å²) in [6.45, 7) is 0.606. The molecule has 2 fully saturated rings. The highest BCUT2D eigenvalue weighted by Gasteiger charge is 2.40. The summed E-state index contributed by atoms with van der Waals surface area (Å²) in [6.07, 6.45) is 9.47. The summed E-state index contributed by atoms with van der Waals surface area (Å²) in [7, 11) is -3.53. The zero-order valence-corrected chi connectivity index (χ0v) is 13.6. The number of nitrogens with zero attached hydrogens (tertiary/aromatic N) is 2. The first-order valence-electron chi connectivity index (χ1n) is 7.73. The molecule has 0 amide bonds. The Morgan fingerprint density at radius 2 is 1.90 bits per heavy atom. The van der Waals surface area contributed by atoms with Crippen molar-refractivity contribution in [2.45, 2.75) is 55.9 Å². The molecule has 2 heterocycles. The van der Waals surface area contributed by atoms with Crippen molar-refractivity contribution in [2.24, 2.45) is 5.92 Å². The van der Waals surface area contributed by atoms with Crippen molar-refractivity contribution in [1.29, 1.82) is 0 Å². The van der Waals surface area contributed by atoms with Crippen LogP contribution in [0.2, 0.25) is 5.15 Å². The van der Waals surface area contributed by atoms with Crippen LogP contribution in [0.25, 0.3) is 0 Å². The van der Waals surface area contributed by atoms with Crippen LogP contribution in [0.15, 0.2) is 23.2 Å². The summed E-state index contributed by atoms with van der Waals surface area (Å²) in [5.41, 5.74) is 0. The smallest absolute Gasteiger partial charge is 0.243 e. The molecule has 4 nitrogen and oxygen atoms in total. The van der Waals surface area contributed by atoms with Crippen LogP contribution in [0.1, 0.15) is 44.9 Å². The Balaban J connectivity index is 1.89. The summed E-state index contributed by atoms with van der Waals surface area (Å²) in [5, 5.41) is 0.0757. The summed E-state index contributed by atoms with van der Waals surface area (Å²) in [4.78, 5) is 4.06. The second kappa shape index (κ2) is 6.23. The number of halogens is 1. The molecular formula is C15H21ClN2O2S. The molecule has 1 atom stereocenters. The normalized spacial score (nSPS) is 25.3. The van der Waals surface area contributed by atoms with E-state index >= 15 is 0 Å². The van der Waals surface area contributed by atoms with Crippen molar-refractivity contribution in [2.75, 3.05) is 6.54 Å². The quantitative estimate of drug-likeness (QED) is 0.798. The molecule has 116 valence electrons. The lowest BCUT2D eigenvalue weighted by Gasteiger charge is -2.33. The van der Waals surface area contributed by atoms with Crippen LogP contribution in [0.5, 0.6) is 0 Å². The van der Waals surface area contributed by atoms with E-state index in [9.17, 15) is 8.42 Å². The molecule has 21 heavy (non-hydrogen) atoms. The minimum Gasteiger partial charge on any atom is -0.243 e. The summed E-state index contributed by atoms with van der Waals surface area (Å²) in [5.74, 6) is 0.506. The van der Waals surface area contributed by atoms with Gasteiger partial charge in [-0.05, 0) is 43.7 Å². The molecule has 0 spiro atoms. The molecule has 1 aliphatic carbocycles. The first-order valence-corrected chi connectivity index (χ1v) is 9.55. The molecule has 0 N–H and O–H groups in total. The molecule has 0 aromatic carbocycles. The largest absolute Gasteiger partial charge is 0.246 e. The van der Waals surface area contributed by atoms with Crippen molar-refractivity contribution in [1.82, 2.24) is 9.29 Å². The monoisotopic (exact) mass is 328 g/mol. The average molecular weight is 329 g/mol. The maximum atomic E-state index is 12.9. The van der Waals surface area contributed by atoms with E-state index in [0.717, 1.165) is 25.7 Å². The van der Waals surface area contributed by atoms with Gasteiger partial charge in [-0.2, -0.15) is 4.31 Å². The Morgan fingerprint density at radius 3 is 2.62 bits per heavy atom. The first-order chi connectivity index (χ1) is 10.1. The van der Waals surface area contributed by atoms with E-state index < -0.39 is 10.0 Å². The predicted molar refractivity (Wildman–Crippen MR) is 82.7 cm³/mol. The van der Waals surface area contributed by atoms with Crippen LogP contribution >= 0.6 is 11.6 Å². The lowest BCUT2D eigenvalue weighted by Crippen LogP contribution is -2.40. The maximum Gasteiger partial charge on any atom is 0.246 e. The molecule has 1 aliphatic heterocycles. The molecule has 6 heteroatoms. The third-order valence-corrected chi connectivity index (χ3v) is 7.12. The van der Waals surface area contributed by atoms with Gasteiger partial charge >= 0.3 is 0 Å². The second-order valence-corrected chi connectivity index (χ2v) is 8.23. The van der Waals surface area contributed by atoms with E-state index in [-0.39, 0.29) is 16.1 Å². The van der Waals surface area contributed by atoms with E-state index in [0.29, 0.717) is 12.5 Å². The van der Waals surface area contributed by atoms with Crippen molar-refractivity contribution in [3.8, 4) is 0 Å². The van der Waals surface area contributed by atoms with Gasteiger partial charge in [0, 0.05) is 18.8 Å². The standard InChI is InChI=1S/C15H21ClN2O2S/c16-15-14(9-4-10-17-15)21(19,20)18-11-5-8-13(18)12-6-2-1-3-7-12/h4,9-10,12-13H,1-3,5-8,11H2. The molecule has 2 aliphatic rings. The molecule has 1 aromatic heterocycles. The molecule has 1 unspecified atom stereocenters. The van der Waals surface area contributed by atoms with Crippen LogP contribution < -0.4 is 0 Å². The number of aromatic nitrogens is 1. The molecular weight excluding hydrogens is 308 g/mol. The predicted octanol–water partition coefficient (Wildman–Crippen LogP) is 3.47. The highest BCUT2D eigenvalue weighted by molar-refractivity contribution is 7.89. The zero-order chi connectivity index (χ0) is 14.9. The van der Waals surface area contributed by atoms with Crippen molar-refractivity contribution >= 4 is 21.6 Å². The van der Waals surface area contributed by atoms with Crippen LogP contribution in [0.4, 0.5) is 0 Å². The second-order valence-electron chi connectivity index (χ2n) is 6.02. The fourth-order valence-corrected chi connectivity index (χ4v) is 5.93. The molecule has 1 aromatic rings. The van der Waals surface area contributed by atoms with Crippen LogP contribution in [-0.4, -0.2) is 30.3 Å². The Hall–Kier alpha value is -0.650. The fourth-order valence-electron chi connectivity index (χ4n) is 3.74. The summed E-state index contributed by atoms with van der Waals surface area (Å²) in [6, 6.07) is 3.33. The van der Waals surface area contributed by atoms with Crippen molar-refractivity contribution in [3.05, 3.63) is 23.5 Å². The van der Waals surface area contributed by atoms with Gasteiger partial charge in [0.15, 0.2) is 0 Å². The van der Waals surface area contributed by atoms with Gasteiger partial charge in [0.1, 0.15) is 10.0 Å². The fraction of sp³-hybridized carbons (Fsp3) is 0.667. The maximum absolute atomic E-state index is 12.9. The van der Waals surface area contributed by atoms with Gasteiger partial charge in [0.2, 0.25) is 10.0 Å². The van der Waals surface area contributed by atoms with Gasteiger partial charge in [-0.15, -0.1) is 0 Å². The van der Waals surface area contributed by atoms with Gasteiger partial charge in [-0.25, -0.2) is 13.4 Å². The Kier molecular flexibility index (Phi) is 4.52. The lowest BCUT2D eigenvalue weighted by molar-refractivity contribution is 0.226. The van der Waals surface area contributed by atoms with Crippen LogP contribution in [-0.2, 0) is 10.0 Å². The third-order valence-electron chi connectivity index (χ3n) is 4.75. The van der Waals surface area contributed by atoms with E-state index in [2.05, 4.69) is 4.98 Å². The van der Waals surface area contributed by atoms with E-state index in [1.54, 1.807) is 16.4 Å². The Labute approximate surface area is 131 Å². The summed E-state index contributed by atoms with van der Waals surface area (Å²) < 4.78 is 27.5. The van der Waals surface area contributed by atoms with E-state index in [1.165, 1.54) is 25.5 Å².